The summed E-state index contributed by atoms with van der Waals surface area (Å²) in [5.74, 6) is 0.871. The Hall–Kier alpha value is -0.860. The van der Waals surface area contributed by atoms with Crippen LogP contribution in [0.1, 0.15) is 43.9 Å². The van der Waals surface area contributed by atoms with E-state index in [0.717, 1.165) is 12.5 Å². The fraction of sp³-hybridized carbons (Fsp3) is 0.647. The van der Waals surface area contributed by atoms with Gasteiger partial charge in [0.05, 0.1) is 0 Å². The van der Waals surface area contributed by atoms with Crippen LogP contribution in [-0.4, -0.2) is 30.6 Å². The van der Waals surface area contributed by atoms with Crippen molar-refractivity contribution >= 4 is 0 Å². The van der Waals surface area contributed by atoms with Gasteiger partial charge >= 0.3 is 0 Å². The predicted molar refractivity (Wildman–Crippen MR) is 80.3 cm³/mol. The van der Waals surface area contributed by atoms with E-state index in [1.165, 1.54) is 32.4 Å². The second-order valence-electron chi connectivity index (χ2n) is 6.29. The van der Waals surface area contributed by atoms with Gasteiger partial charge in [0.15, 0.2) is 0 Å². The molecule has 19 heavy (non-hydrogen) atoms. The number of rotatable bonds is 4. The first-order valence-electron chi connectivity index (χ1n) is 7.84. The quantitative estimate of drug-likeness (QED) is 0.893. The summed E-state index contributed by atoms with van der Waals surface area (Å²) in [6.07, 6.45) is 3.80. The molecule has 0 saturated carbocycles. The lowest BCUT2D eigenvalue weighted by Gasteiger charge is -2.30. The smallest absolute Gasteiger partial charge is 0.0484 e. The van der Waals surface area contributed by atoms with Crippen LogP contribution in [0.4, 0.5) is 0 Å². The van der Waals surface area contributed by atoms with Crippen LogP contribution in [0, 0.1) is 5.92 Å². The highest BCUT2D eigenvalue weighted by atomic mass is 15.2. The first-order valence-corrected chi connectivity index (χ1v) is 7.84. The van der Waals surface area contributed by atoms with Crippen molar-refractivity contribution in [2.45, 2.75) is 45.2 Å². The molecule has 1 N–H and O–H groups in total. The molecule has 3 unspecified atom stereocenters. The minimum Gasteiger partial charge on any atom is -0.309 e. The lowest BCUT2D eigenvalue weighted by molar-refractivity contribution is 0.198. The molecule has 1 saturated heterocycles. The van der Waals surface area contributed by atoms with Crippen molar-refractivity contribution < 1.29 is 0 Å². The number of fused-ring (bicyclic) bond motifs is 1. The molecule has 1 aliphatic heterocycles. The van der Waals surface area contributed by atoms with Crippen LogP contribution in [0.25, 0.3) is 0 Å². The molecule has 2 aliphatic rings. The standard InChI is InChI=1S/C17H26N2/c1-3-9-18-17-15-7-5-4-6-14(15)11-16(17)19-10-8-13(2)12-19/h4-7,13,16-18H,3,8-12H2,1-2H3. The lowest BCUT2D eigenvalue weighted by Crippen LogP contribution is -2.42. The molecule has 2 nitrogen and oxygen atoms in total. The Kier molecular flexibility index (Phi) is 3.90. The summed E-state index contributed by atoms with van der Waals surface area (Å²) in [6, 6.07) is 10.2. The van der Waals surface area contributed by atoms with Gasteiger partial charge in [-0.25, -0.2) is 0 Å². The van der Waals surface area contributed by atoms with Crippen LogP contribution in [0.15, 0.2) is 24.3 Å². The Bertz CT molecular complexity index is 429. The Morgan fingerprint density at radius 2 is 2.16 bits per heavy atom. The van der Waals surface area contributed by atoms with Crippen LogP contribution in [0.3, 0.4) is 0 Å². The maximum atomic E-state index is 3.79. The molecule has 1 heterocycles. The number of nitrogens with one attached hydrogen (secondary N) is 1. The summed E-state index contributed by atoms with van der Waals surface area (Å²) in [5, 5.41) is 3.79. The zero-order valence-electron chi connectivity index (χ0n) is 12.2. The van der Waals surface area contributed by atoms with Gasteiger partial charge in [-0.2, -0.15) is 0 Å². The molecule has 3 atom stereocenters. The summed E-state index contributed by atoms with van der Waals surface area (Å²) < 4.78 is 0. The average Bonchev–Trinajstić information content (AvgIpc) is 3.00. The van der Waals surface area contributed by atoms with Gasteiger partial charge in [-0.15, -0.1) is 0 Å². The monoisotopic (exact) mass is 258 g/mol. The fourth-order valence-electron chi connectivity index (χ4n) is 3.73. The van der Waals surface area contributed by atoms with Crippen molar-refractivity contribution in [3.05, 3.63) is 35.4 Å². The van der Waals surface area contributed by atoms with Gasteiger partial charge < -0.3 is 5.32 Å². The van der Waals surface area contributed by atoms with E-state index >= 15 is 0 Å². The van der Waals surface area contributed by atoms with Crippen molar-refractivity contribution in [1.82, 2.24) is 10.2 Å². The molecule has 1 fully saturated rings. The number of likely N-dealkylation sites (tertiary alicyclic amines) is 1. The highest BCUT2D eigenvalue weighted by Gasteiger charge is 2.37. The van der Waals surface area contributed by atoms with E-state index in [-0.39, 0.29) is 0 Å². The van der Waals surface area contributed by atoms with Gasteiger partial charge in [0.25, 0.3) is 0 Å². The van der Waals surface area contributed by atoms with E-state index in [1.54, 1.807) is 11.1 Å². The lowest BCUT2D eigenvalue weighted by atomic mass is 10.1. The van der Waals surface area contributed by atoms with Gasteiger partial charge in [-0.05, 0) is 49.4 Å². The fourth-order valence-corrected chi connectivity index (χ4v) is 3.73. The van der Waals surface area contributed by atoms with E-state index in [0.29, 0.717) is 12.1 Å². The van der Waals surface area contributed by atoms with Crippen LogP contribution >= 0.6 is 0 Å². The predicted octanol–water partition coefficient (Wildman–Crippen LogP) is 2.99. The van der Waals surface area contributed by atoms with Gasteiger partial charge in [-0.1, -0.05) is 38.1 Å². The van der Waals surface area contributed by atoms with Crippen molar-refractivity contribution in [3.63, 3.8) is 0 Å². The zero-order chi connectivity index (χ0) is 13.2. The third-order valence-corrected chi connectivity index (χ3v) is 4.74. The average molecular weight is 258 g/mol. The van der Waals surface area contributed by atoms with Crippen molar-refractivity contribution in [1.29, 1.82) is 0 Å². The number of hydrogen-bond acceptors (Lipinski definition) is 2. The molecular weight excluding hydrogens is 232 g/mol. The zero-order valence-corrected chi connectivity index (χ0v) is 12.2. The van der Waals surface area contributed by atoms with Gasteiger partial charge in [0, 0.05) is 18.6 Å². The second-order valence-corrected chi connectivity index (χ2v) is 6.29. The minimum atomic E-state index is 0.543. The molecule has 2 heteroatoms. The van der Waals surface area contributed by atoms with Crippen molar-refractivity contribution in [2.24, 2.45) is 5.92 Å². The van der Waals surface area contributed by atoms with E-state index in [4.69, 9.17) is 0 Å². The SMILES string of the molecule is CCCNC1c2ccccc2CC1N1CCC(C)C1. The molecule has 0 bridgehead atoms. The Morgan fingerprint density at radius 1 is 1.32 bits per heavy atom. The first-order chi connectivity index (χ1) is 9.29. The molecule has 1 aromatic rings. The van der Waals surface area contributed by atoms with Gasteiger partial charge in [0.1, 0.15) is 0 Å². The normalized spacial score (nSPS) is 30.7. The Morgan fingerprint density at radius 3 is 2.89 bits per heavy atom. The maximum Gasteiger partial charge on any atom is 0.0484 e. The summed E-state index contributed by atoms with van der Waals surface area (Å²) in [6.45, 7) is 8.32. The van der Waals surface area contributed by atoms with Crippen LogP contribution < -0.4 is 5.32 Å². The summed E-state index contributed by atoms with van der Waals surface area (Å²) in [4.78, 5) is 2.72. The molecule has 1 aliphatic carbocycles. The molecule has 0 radical (unpaired) electrons. The topological polar surface area (TPSA) is 15.3 Å². The van der Waals surface area contributed by atoms with Gasteiger partial charge in [0.2, 0.25) is 0 Å². The largest absolute Gasteiger partial charge is 0.309 e. The van der Waals surface area contributed by atoms with Gasteiger partial charge in [-0.3, -0.25) is 4.90 Å². The van der Waals surface area contributed by atoms with E-state index in [1.807, 2.05) is 0 Å². The number of benzene rings is 1. The van der Waals surface area contributed by atoms with Crippen LogP contribution in [0.2, 0.25) is 0 Å². The van der Waals surface area contributed by atoms with Crippen LogP contribution in [-0.2, 0) is 6.42 Å². The second kappa shape index (κ2) is 5.64. The molecular formula is C17H26N2. The third-order valence-electron chi connectivity index (χ3n) is 4.74. The molecule has 104 valence electrons. The molecule has 1 aromatic carbocycles. The maximum absolute atomic E-state index is 3.79. The highest BCUT2D eigenvalue weighted by Crippen LogP contribution is 2.36. The molecule has 0 spiro atoms. The van der Waals surface area contributed by atoms with E-state index in [2.05, 4.69) is 48.3 Å². The number of hydrogen-bond donors (Lipinski definition) is 1. The van der Waals surface area contributed by atoms with Crippen molar-refractivity contribution in [2.75, 3.05) is 19.6 Å². The highest BCUT2D eigenvalue weighted by molar-refractivity contribution is 5.37. The van der Waals surface area contributed by atoms with E-state index < -0.39 is 0 Å². The Labute approximate surface area is 117 Å². The van der Waals surface area contributed by atoms with E-state index in [9.17, 15) is 0 Å². The summed E-state index contributed by atoms with van der Waals surface area (Å²) >= 11 is 0. The summed E-state index contributed by atoms with van der Waals surface area (Å²) in [7, 11) is 0. The third kappa shape index (κ3) is 2.56. The van der Waals surface area contributed by atoms with Crippen molar-refractivity contribution in [3.8, 4) is 0 Å². The molecule has 0 amide bonds. The van der Waals surface area contributed by atoms with Crippen LogP contribution in [0.5, 0.6) is 0 Å². The first kappa shape index (κ1) is 13.1. The number of nitrogens with zero attached hydrogens (tertiary/aromatic N) is 1. The Balaban J connectivity index is 1.80. The minimum absolute atomic E-state index is 0.543. The molecule has 0 aromatic heterocycles. The summed E-state index contributed by atoms with van der Waals surface area (Å²) in [5.41, 5.74) is 3.10. The molecule has 3 rings (SSSR count).